The van der Waals surface area contributed by atoms with Crippen LogP contribution in [0.25, 0.3) is 11.3 Å². The third kappa shape index (κ3) is 4.59. The van der Waals surface area contributed by atoms with Crippen LogP contribution < -0.4 is 5.73 Å². The molecule has 7 nitrogen and oxygen atoms in total. The number of carbonyl (C=O) groups excluding carboxylic acids is 1. The van der Waals surface area contributed by atoms with Crippen molar-refractivity contribution in [1.29, 1.82) is 0 Å². The molecule has 168 valence electrons. The SMILES string of the molecule is Cc1nn(C(C)C)c(C)c1CN1CCO[C@H](c2cccc(-c3ccc(C(N)=O)cc3)n2)C1. The van der Waals surface area contributed by atoms with Crippen molar-refractivity contribution in [2.24, 2.45) is 5.73 Å². The van der Waals surface area contributed by atoms with E-state index >= 15 is 0 Å². The Morgan fingerprint density at radius 2 is 1.94 bits per heavy atom. The smallest absolute Gasteiger partial charge is 0.248 e. The van der Waals surface area contributed by atoms with E-state index in [4.69, 9.17) is 20.6 Å². The van der Waals surface area contributed by atoms with Gasteiger partial charge < -0.3 is 10.5 Å². The molecule has 0 aliphatic carbocycles. The van der Waals surface area contributed by atoms with Crippen LogP contribution in [-0.2, 0) is 11.3 Å². The molecule has 2 aromatic heterocycles. The molecule has 0 radical (unpaired) electrons. The Hall–Kier alpha value is -3.03. The standard InChI is InChI=1S/C25H31N5O2/c1-16(2)30-18(4)21(17(3)28-30)14-29-12-13-32-24(15-29)23-7-5-6-22(27-23)19-8-10-20(11-9-19)25(26)31/h5-11,16,24H,12-15H2,1-4H3,(H2,26,31)/t24-/m0/s1. The number of hydrogen-bond donors (Lipinski definition) is 1. The molecule has 1 aromatic carbocycles. The van der Waals surface area contributed by atoms with Crippen molar-refractivity contribution in [1.82, 2.24) is 19.7 Å². The summed E-state index contributed by atoms with van der Waals surface area (Å²) < 4.78 is 8.20. The molecule has 1 aliphatic rings. The van der Waals surface area contributed by atoms with Crippen molar-refractivity contribution in [2.45, 2.75) is 46.4 Å². The van der Waals surface area contributed by atoms with E-state index in [2.05, 4.69) is 37.3 Å². The Morgan fingerprint density at radius 3 is 2.59 bits per heavy atom. The number of nitrogens with zero attached hydrogens (tertiary/aromatic N) is 4. The summed E-state index contributed by atoms with van der Waals surface area (Å²) in [7, 11) is 0. The third-order valence-corrected chi connectivity index (χ3v) is 6.06. The minimum absolute atomic E-state index is 0.0886. The summed E-state index contributed by atoms with van der Waals surface area (Å²) in [5.74, 6) is -0.432. The van der Waals surface area contributed by atoms with Crippen LogP contribution in [0.1, 0.15) is 59.0 Å². The Morgan fingerprint density at radius 1 is 1.19 bits per heavy atom. The molecule has 3 heterocycles. The second-order valence-corrected chi connectivity index (χ2v) is 8.67. The zero-order valence-corrected chi connectivity index (χ0v) is 19.2. The molecule has 3 aromatic rings. The van der Waals surface area contributed by atoms with Gasteiger partial charge in [0, 0.05) is 48.1 Å². The van der Waals surface area contributed by atoms with Crippen LogP contribution in [0, 0.1) is 13.8 Å². The Labute approximate surface area is 189 Å². The first-order chi connectivity index (χ1) is 15.3. The summed E-state index contributed by atoms with van der Waals surface area (Å²) in [6, 6.07) is 13.5. The number of nitrogens with two attached hydrogens (primary N) is 1. The van der Waals surface area contributed by atoms with Gasteiger partial charge in [-0.1, -0.05) is 18.2 Å². The number of rotatable bonds is 6. The number of morpholine rings is 1. The van der Waals surface area contributed by atoms with E-state index in [-0.39, 0.29) is 6.10 Å². The summed E-state index contributed by atoms with van der Waals surface area (Å²) in [5, 5.41) is 4.73. The highest BCUT2D eigenvalue weighted by Gasteiger charge is 2.25. The number of hydrogen-bond acceptors (Lipinski definition) is 5. The number of amides is 1. The number of carbonyl (C=O) groups is 1. The number of primary amides is 1. The van der Waals surface area contributed by atoms with E-state index in [0.29, 0.717) is 18.2 Å². The first kappa shape index (κ1) is 22.2. The highest BCUT2D eigenvalue weighted by molar-refractivity contribution is 5.93. The fraction of sp³-hybridized carbons (Fsp3) is 0.400. The third-order valence-electron chi connectivity index (χ3n) is 6.06. The van der Waals surface area contributed by atoms with Crippen LogP contribution in [0.5, 0.6) is 0 Å². The van der Waals surface area contributed by atoms with Gasteiger partial charge in [0.2, 0.25) is 5.91 Å². The molecule has 7 heteroatoms. The second-order valence-electron chi connectivity index (χ2n) is 8.67. The number of benzene rings is 1. The monoisotopic (exact) mass is 433 g/mol. The van der Waals surface area contributed by atoms with Gasteiger partial charge in [-0.2, -0.15) is 5.10 Å². The molecule has 0 saturated carbocycles. The van der Waals surface area contributed by atoms with Crippen molar-refractivity contribution >= 4 is 5.91 Å². The van der Waals surface area contributed by atoms with Crippen molar-refractivity contribution in [3.63, 3.8) is 0 Å². The summed E-state index contributed by atoms with van der Waals surface area (Å²) in [6.45, 7) is 11.8. The van der Waals surface area contributed by atoms with Gasteiger partial charge >= 0.3 is 0 Å². The lowest BCUT2D eigenvalue weighted by Crippen LogP contribution is -2.38. The molecule has 1 aliphatic heterocycles. The van der Waals surface area contributed by atoms with E-state index < -0.39 is 5.91 Å². The topological polar surface area (TPSA) is 86.3 Å². The summed E-state index contributed by atoms with van der Waals surface area (Å²) in [4.78, 5) is 18.6. The predicted molar refractivity (Wildman–Crippen MR) is 124 cm³/mol. The molecule has 0 bridgehead atoms. The van der Waals surface area contributed by atoms with Crippen molar-refractivity contribution in [3.05, 3.63) is 70.7 Å². The zero-order chi connectivity index (χ0) is 22.8. The summed E-state index contributed by atoms with van der Waals surface area (Å²) >= 11 is 0. The van der Waals surface area contributed by atoms with Gasteiger partial charge in [-0.05, 0) is 52.0 Å². The number of ether oxygens (including phenoxy) is 1. The van der Waals surface area contributed by atoms with E-state index in [9.17, 15) is 4.79 Å². The van der Waals surface area contributed by atoms with E-state index in [1.165, 1.54) is 11.3 Å². The van der Waals surface area contributed by atoms with Crippen molar-refractivity contribution in [3.8, 4) is 11.3 Å². The Bertz CT molecular complexity index is 1100. The molecular weight excluding hydrogens is 402 g/mol. The lowest BCUT2D eigenvalue weighted by atomic mass is 10.1. The molecule has 2 N–H and O–H groups in total. The molecular formula is C25H31N5O2. The fourth-order valence-corrected chi connectivity index (χ4v) is 4.27. The van der Waals surface area contributed by atoms with Gasteiger partial charge in [-0.15, -0.1) is 0 Å². The molecule has 4 rings (SSSR count). The van der Waals surface area contributed by atoms with Crippen molar-refractivity contribution in [2.75, 3.05) is 19.7 Å². The Kier molecular flexibility index (Phi) is 6.39. The minimum Gasteiger partial charge on any atom is -0.369 e. The predicted octanol–water partition coefficient (Wildman–Crippen LogP) is 3.82. The lowest BCUT2D eigenvalue weighted by molar-refractivity contribution is -0.0350. The van der Waals surface area contributed by atoms with Crippen molar-refractivity contribution < 1.29 is 9.53 Å². The van der Waals surface area contributed by atoms with Gasteiger partial charge in [0.1, 0.15) is 6.10 Å². The highest BCUT2D eigenvalue weighted by atomic mass is 16.5. The summed E-state index contributed by atoms with van der Waals surface area (Å²) in [5.41, 5.74) is 12.2. The molecule has 0 spiro atoms. The lowest BCUT2D eigenvalue weighted by Gasteiger charge is -2.33. The largest absolute Gasteiger partial charge is 0.369 e. The normalized spacial score (nSPS) is 17.1. The van der Waals surface area contributed by atoms with Crippen LogP contribution in [0.2, 0.25) is 0 Å². The Balaban J connectivity index is 1.50. The quantitative estimate of drug-likeness (QED) is 0.639. The van der Waals surface area contributed by atoms with Crippen LogP contribution in [0.3, 0.4) is 0 Å². The minimum atomic E-state index is -0.432. The van der Waals surface area contributed by atoms with Crippen LogP contribution in [-0.4, -0.2) is 45.3 Å². The van der Waals surface area contributed by atoms with E-state index in [0.717, 1.165) is 42.3 Å². The maximum Gasteiger partial charge on any atom is 0.248 e. The number of aryl methyl sites for hydroxylation is 1. The average Bonchev–Trinajstić information content (AvgIpc) is 3.08. The number of pyridine rings is 1. The van der Waals surface area contributed by atoms with Gasteiger partial charge in [-0.25, -0.2) is 0 Å². The molecule has 1 fully saturated rings. The number of aromatic nitrogens is 3. The van der Waals surface area contributed by atoms with Crippen LogP contribution >= 0.6 is 0 Å². The van der Waals surface area contributed by atoms with Gasteiger partial charge in [0.05, 0.1) is 23.7 Å². The average molecular weight is 434 g/mol. The summed E-state index contributed by atoms with van der Waals surface area (Å²) in [6.07, 6.45) is -0.0886. The van der Waals surface area contributed by atoms with Gasteiger partial charge in [0.15, 0.2) is 0 Å². The first-order valence-electron chi connectivity index (χ1n) is 11.1. The van der Waals surface area contributed by atoms with Gasteiger partial charge in [-0.3, -0.25) is 19.4 Å². The zero-order valence-electron chi connectivity index (χ0n) is 19.2. The van der Waals surface area contributed by atoms with E-state index in [1.54, 1.807) is 12.1 Å². The fourth-order valence-electron chi connectivity index (χ4n) is 4.27. The van der Waals surface area contributed by atoms with Crippen LogP contribution in [0.4, 0.5) is 0 Å². The maximum absolute atomic E-state index is 11.3. The second kappa shape index (κ2) is 9.22. The van der Waals surface area contributed by atoms with E-state index in [1.807, 2.05) is 30.3 Å². The molecule has 1 saturated heterocycles. The first-order valence-corrected chi connectivity index (χ1v) is 11.1. The maximum atomic E-state index is 11.3. The molecule has 1 amide bonds. The van der Waals surface area contributed by atoms with Crippen LogP contribution in [0.15, 0.2) is 42.5 Å². The molecule has 1 atom stereocenters. The molecule has 32 heavy (non-hydrogen) atoms. The van der Waals surface area contributed by atoms with Gasteiger partial charge in [0.25, 0.3) is 0 Å². The molecule has 0 unspecified atom stereocenters. The highest BCUT2D eigenvalue weighted by Crippen LogP contribution is 2.26.